The molecule has 0 N–H and O–H groups in total. The van der Waals surface area contributed by atoms with E-state index in [1.807, 2.05) is 39.0 Å². The Morgan fingerprint density at radius 2 is 1.90 bits per heavy atom. The molecule has 1 aromatic carbocycles. The molecule has 8 heteroatoms. The molecule has 1 heterocycles. The van der Waals surface area contributed by atoms with Crippen molar-refractivity contribution >= 4 is 41.7 Å². The van der Waals surface area contributed by atoms with Gasteiger partial charge >= 0.3 is 6.09 Å². The molecule has 0 bridgehead atoms. The highest BCUT2D eigenvalue weighted by atomic mass is 32.1. The monoisotopic (exact) mass is 440 g/mol. The van der Waals surface area contributed by atoms with Crippen LogP contribution in [0.1, 0.15) is 41.5 Å². The molecule has 5 nitrogen and oxygen atoms in total. The number of carbonyl (C=O) groups excluding carboxylic acids is 1. The normalized spacial score (nSPS) is 14.1. The third kappa shape index (κ3) is 6.23. The molecule has 0 saturated heterocycles. The molecule has 0 aliphatic heterocycles. The zero-order chi connectivity index (χ0) is 22.0. The summed E-state index contributed by atoms with van der Waals surface area (Å²) in [6.45, 7) is 15.3. The van der Waals surface area contributed by atoms with Gasteiger partial charge in [-0.3, -0.25) is 4.90 Å². The molecule has 0 fully saturated rings. The van der Waals surface area contributed by atoms with Crippen LogP contribution in [0.3, 0.4) is 0 Å². The van der Waals surface area contributed by atoms with Gasteiger partial charge in [0.1, 0.15) is 12.3 Å². The molecule has 1 atom stereocenters. The average Bonchev–Trinajstić information content (AvgIpc) is 3.03. The smallest absolute Gasteiger partial charge is 0.414 e. The van der Waals surface area contributed by atoms with Crippen molar-refractivity contribution in [2.45, 2.75) is 71.4 Å². The number of halogens is 1. The predicted molar refractivity (Wildman–Crippen MR) is 121 cm³/mol. The van der Waals surface area contributed by atoms with Crippen LogP contribution >= 0.6 is 11.3 Å². The van der Waals surface area contributed by atoms with E-state index in [9.17, 15) is 9.18 Å². The van der Waals surface area contributed by atoms with Crippen LogP contribution in [0, 0.1) is 0 Å². The second-order valence-corrected chi connectivity index (χ2v) is 15.4. The van der Waals surface area contributed by atoms with E-state index in [0.29, 0.717) is 5.69 Å². The third-order valence-corrected chi connectivity index (χ3v) is 10.4. The van der Waals surface area contributed by atoms with Gasteiger partial charge in [-0.15, -0.1) is 11.3 Å². The van der Waals surface area contributed by atoms with Crippen molar-refractivity contribution < 1.29 is 18.3 Å². The number of benzene rings is 1. The summed E-state index contributed by atoms with van der Waals surface area (Å²) in [5, 5.41) is -0.0568. The molecule has 1 aromatic heterocycles. The Kier molecular flexibility index (Phi) is 7.12. The van der Waals surface area contributed by atoms with Gasteiger partial charge < -0.3 is 9.16 Å². The van der Waals surface area contributed by atoms with Gasteiger partial charge in [0.15, 0.2) is 8.32 Å². The number of fused-ring (bicyclic) bond motifs is 1. The molecule has 1 amide bonds. The standard InChI is InChI=1S/C21H33FN2O3SSi/c1-20(2,3)26-19(25)24(15-9-10-17-18(11-15)28-14-23-17)13-16(12-22)27-29(7,8)21(4,5)6/h9-11,14,16H,12-13H2,1-8H3. The van der Waals surface area contributed by atoms with Crippen LogP contribution < -0.4 is 4.90 Å². The summed E-state index contributed by atoms with van der Waals surface area (Å²) < 4.78 is 26.8. The molecule has 0 aliphatic carbocycles. The van der Waals surface area contributed by atoms with Gasteiger partial charge in [0.25, 0.3) is 0 Å². The van der Waals surface area contributed by atoms with E-state index < -0.39 is 32.8 Å². The second-order valence-electron chi connectivity index (χ2n) is 9.75. The number of anilines is 1. The Morgan fingerprint density at radius 1 is 1.24 bits per heavy atom. The lowest BCUT2D eigenvalue weighted by atomic mass is 10.2. The van der Waals surface area contributed by atoms with E-state index in [0.717, 1.165) is 10.2 Å². The number of hydrogen-bond acceptors (Lipinski definition) is 5. The number of aromatic nitrogens is 1. The van der Waals surface area contributed by atoms with Crippen molar-refractivity contribution in [1.29, 1.82) is 0 Å². The molecular weight excluding hydrogens is 407 g/mol. The van der Waals surface area contributed by atoms with Crippen LogP contribution in [0.2, 0.25) is 18.1 Å². The molecule has 29 heavy (non-hydrogen) atoms. The molecule has 0 saturated carbocycles. The van der Waals surface area contributed by atoms with Crippen LogP contribution in [-0.4, -0.2) is 44.3 Å². The van der Waals surface area contributed by atoms with E-state index in [1.165, 1.54) is 16.2 Å². The van der Waals surface area contributed by atoms with Gasteiger partial charge in [0, 0.05) is 5.69 Å². The first-order valence-corrected chi connectivity index (χ1v) is 13.6. The van der Waals surface area contributed by atoms with Gasteiger partial charge in [-0.25, -0.2) is 14.2 Å². The highest BCUT2D eigenvalue weighted by Gasteiger charge is 2.40. The molecule has 162 valence electrons. The number of nitrogens with zero attached hydrogens (tertiary/aromatic N) is 2. The molecular formula is C21H33FN2O3SSi. The summed E-state index contributed by atoms with van der Waals surface area (Å²) >= 11 is 1.49. The van der Waals surface area contributed by atoms with E-state index in [-0.39, 0.29) is 11.6 Å². The highest BCUT2D eigenvalue weighted by Crippen LogP contribution is 2.37. The van der Waals surface area contributed by atoms with Crippen molar-refractivity contribution in [1.82, 2.24) is 4.98 Å². The maximum absolute atomic E-state index is 14.0. The molecule has 0 spiro atoms. The first-order valence-electron chi connectivity index (χ1n) is 9.81. The van der Waals surface area contributed by atoms with E-state index >= 15 is 0 Å². The Morgan fingerprint density at radius 3 is 2.45 bits per heavy atom. The zero-order valence-electron chi connectivity index (χ0n) is 18.7. The number of ether oxygens (including phenoxy) is 1. The molecule has 1 unspecified atom stereocenters. The van der Waals surface area contributed by atoms with Crippen LogP contribution in [0.5, 0.6) is 0 Å². The minimum absolute atomic E-state index is 0.0568. The zero-order valence-corrected chi connectivity index (χ0v) is 20.5. The highest BCUT2D eigenvalue weighted by molar-refractivity contribution is 7.16. The molecule has 0 radical (unpaired) electrons. The average molecular weight is 441 g/mol. The van der Waals surface area contributed by atoms with Gasteiger partial charge in [-0.05, 0) is 57.1 Å². The fraction of sp³-hybridized carbons (Fsp3) is 0.619. The maximum atomic E-state index is 14.0. The predicted octanol–water partition coefficient (Wildman–Crippen LogP) is 6.40. The van der Waals surface area contributed by atoms with Gasteiger partial charge in [-0.2, -0.15) is 0 Å². The largest absolute Gasteiger partial charge is 0.443 e. The molecule has 0 aliphatic rings. The van der Waals surface area contributed by atoms with Crippen molar-refractivity contribution in [3.05, 3.63) is 23.7 Å². The summed E-state index contributed by atoms with van der Waals surface area (Å²) in [6, 6.07) is 5.56. The molecule has 2 aromatic rings. The van der Waals surface area contributed by atoms with E-state index in [1.54, 1.807) is 5.51 Å². The lowest BCUT2D eigenvalue weighted by molar-refractivity contribution is 0.0552. The minimum Gasteiger partial charge on any atom is -0.443 e. The Bertz CT molecular complexity index is 842. The topological polar surface area (TPSA) is 51.7 Å². The number of hydrogen-bond donors (Lipinski definition) is 0. The summed E-state index contributed by atoms with van der Waals surface area (Å²) in [6.07, 6.45) is -1.24. The molecule has 2 rings (SSSR count). The first-order chi connectivity index (χ1) is 13.2. The number of thiazole rings is 1. The number of amides is 1. The Labute approximate surface area is 178 Å². The third-order valence-electron chi connectivity index (χ3n) is 5.07. The Hall–Kier alpha value is -1.51. The summed E-state index contributed by atoms with van der Waals surface area (Å²) in [5.74, 6) is 0. The van der Waals surface area contributed by atoms with Crippen molar-refractivity contribution in [2.75, 3.05) is 18.1 Å². The SMILES string of the molecule is CC(C)(C)OC(=O)N(CC(CF)O[Si](C)(C)C(C)(C)C)c1ccc2ncsc2c1. The minimum atomic E-state index is -2.20. The van der Waals surface area contributed by atoms with E-state index in [2.05, 4.69) is 38.8 Å². The second kappa shape index (κ2) is 8.69. The van der Waals surface area contributed by atoms with Gasteiger partial charge in [0.2, 0.25) is 0 Å². The lowest BCUT2D eigenvalue weighted by Gasteiger charge is -2.40. The summed E-state index contributed by atoms with van der Waals surface area (Å²) in [5.41, 5.74) is 2.61. The van der Waals surface area contributed by atoms with Crippen molar-refractivity contribution in [3.63, 3.8) is 0 Å². The fourth-order valence-corrected chi connectivity index (χ4v) is 4.56. The van der Waals surface area contributed by atoms with Crippen LogP contribution in [0.4, 0.5) is 14.9 Å². The van der Waals surface area contributed by atoms with E-state index in [4.69, 9.17) is 9.16 Å². The lowest BCUT2D eigenvalue weighted by Crippen LogP contribution is -2.49. The number of rotatable bonds is 6. The summed E-state index contributed by atoms with van der Waals surface area (Å²) in [7, 11) is -2.20. The van der Waals surface area contributed by atoms with Crippen LogP contribution in [-0.2, 0) is 9.16 Å². The fourth-order valence-electron chi connectivity index (χ4n) is 2.53. The quantitative estimate of drug-likeness (QED) is 0.488. The van der Waals surface area contributed by atoms with Gasteiger partial charge in [0.05, 0.1) is 28.4 Å². The number of alkyl halides is 1. The Balaban J connectivity index is 2.34. The van der Waals surface area contributed by atoms with Crippen LogP contribution in [0.25, 0.3) is 10.2 Å². The van der Waals surface area contributed by atoms with Crippen molar-refractivity contribution in [3.8, 4) is 0 Å². The summed E-state index contributed by atoms with van der Waals surface area (Å²) in [4.78, 5) is 18.7. The number of carbonyl (C=O) groups is 1. The first kappa shape index (κ1) is 23.8. The van der Waals surface area contributed by atoms with Crippen molar-refractivity contribution in [2.24, 2.45) is 0 Å². The van der Waals surface area contributed by atoms with Gasteiger partial charge in [-0.1, -0.05) is 20.8 Å². The maximum Gasteiger partial charge on any atom is 0.414 e. The van der Waals surface area contributed by atoms with Crippen LogP contribution in [0.15, 0.2) is 23.7 Å².